The number of aromatic nitrogens is 4. The Hall–Kier alpha value is -15.6. The molecule has 0 N–H and O–H groups in total. The van der Waals surface area contributed by atoms with Crippen molar-refractivity contribution in [2.75, 3.05) is 0 Å². The molecule has 0 saturated heterocycles. The molecule has 20 rings (SSSR count). The molecule has 0 saturated carbocycles. The molecule has 0 spiro atoms. The van der Waals surface area contributed by atoms with Crippen LogP contribution in [0.25, 0.3) is 180 Å². The zero-order chi connectivity index (χ0) is 77.9. The van der Waals surface area contributed by atoms with Gasteiger partial charge < -0.3 is 17.7 Å². The van der Waals surface area contributed by atoms with E-state index in [2.05, 4.69) is 360 Å². The van der Waals surface area contributed by atoms with Crippen LogP contribution in [0, 0.1) is 0 Å². The molecule has 0 aliphatic rings. The molecule has 0 amide bonds. The maximum absolute atomic E-state index is 6.04. The molecule has 0 bridgehead atoms. The summed E-state index contributed by atoms with van der Waals surface area (Å²) < 4.78 is 24.1. The summed E-state index contributed by atoms with van der Waals surface area (Å²) in [5.41, 5.74) is 27.0. The maximum atomic E-state index is 6.04. The van der Waals surface area contributed by atoms with Crippen LogP contribution in [-0.2, 0) is 0 Å². The maximum Gasteiger partial charge on any atom is 0.226 e. The van der Waals surface area contributed by atoms with Gasteiger partial charge in [0.25, 0.3) is 0 Å². The quantitative estimate of drug-likeness (QED) is 0.0942. The average molecular weight is 1490 g/mol. The van der Waals surface area contributed by atoms with Crippen LogP contribution in [-0.4, -0.2) is 19.9 Å². The SMILES string of the molecule is c1ccc(-c2ccc(-c3cnc(-c4ccc(-c5ccccc5)cc4)o3)cc2)cc1.c1ccc(-c2ccc(-c3cnc(-c4ccc(-c5ccccc5)cc4)o3)cc2)cc1.c1ccc(-c2ccc(-c3cnc(-c4ccc(-c5ccccc5)cc4)o3)cc2)cc1.c1ccc(-c2ccc(-c3cnc(-c4ccc(-c5ccccc5)cc4)o3)cc2)cc1. The third-order valence-corrected chi connectivity index (χ3v) is 20.1. The van der Waals surface area contributed by atoms with E-state index < -0.39 is 0 Å². The van der Waals surface area contributed by atoms with E-state index >= 15 is 0 Å². The Labute approximate surface area is 675 Å². The molecule has 8 nitrogen and oxygen atoms in total. The molecule has 0 radical (unpaired) electrons. The summed E-state index contributed by atoms with van der Waals surface area (Å²) in [5.74, 6) is 5.61. The molecule has 8 heteroatoms. The summed E-state index contributed by atoms with van der Waals surface area (Å²) in [7, 11) is 0. The lowest BCUT2D eigenvalue weighted by Gasteiger charge is -2.03. The van der Waals surface area contributed by atoms with Crippen LogP contribution >= 0.6 is 0 Å². The number of rotatable bonds is 16. The smallest absolute Gasteiger partial charge is 0.226 e. The van der Waals surface area contributed by atoms with Crippen LogP contribution in [0.4, 0.5) is 0 Å². The van der Waals surface area contributed by atoms with Crippen molar-refractivity contribution in [2.45, 2.75) is 0 Å². The van der Waals surface area contributed by atoms with E-state index in [1.165, 1.54) is 89.0 Å². The predicted molar refractivity (Wildman–Crippen MR) is 473 cm³/mol. The van der Waals surface area contributed by atoms with Gasteiger partial charge in [-0.1, -0.05) is 388 Å². The Morgan fingerprint density at radius 2 is 0.207 bits per heavy atom. The lowest BCUT2D eigenvalue weighted by Crippen LogP contribution is -1.80. The van der Waals surface area contributed by atoms with Gasteiger partial charge in [-0.3, -0.25) is 0 Å². The lowest BCUT2D eigenvalue weighted by molar-refractivity contribution is 0.588. The van der Waals surface area contributed by atoms with E-state index in [-0.39, 0.29) is 0 Å². The minimum absolute atomic E-state index is 0.631. The Morgan fingerprint density at radius 3 is 0.336 bits per heavy atom. The van der Waals surface area contributed by atoms with Gasteiger partial charge in [0.05, 0.1) is 24.8 Å². The molecule has 0 aliphatic carbocycles. The van der Waals surface area contributed by atoms with E-state index in [4.69, 9.17) is 17.7 Å². The van der Waals surface area contributed by atoms with Gasteiger partial charge >= 0.3 is 0 Å². The highest BCUT2D eigenvalue weighted by Gasteiger charge is 2.16. The predicted octanol–water partition coefficient (Wildman–Crippen LogP) is 29.4. The van der Waals surface area contributed by atoms with Gasteiger partial charge in [0.2, 0.25) is 23.6 Å². The Morgan fingerprint density at radius 1 is 0.103 bits per heavy atom. The van der Waals surface area contributed by atoms with Crippen molar-refractivity contribution < 1.29 is 17.7 Å². The number of hydrogen-bond donors (Lipinski definition) is 0. The number of benzene rings is 16. The fourth-order valence-corrected chi connectivity index (χ4v) is 13.7. The molecule has 116 heavy (non-hydrogen) atoms. The third kappa shape index (κ3) is 17.9. The highest BCUT2D eigenvalue weighted by molar-refractivity contribution is 5.77. The zero-order valence-electron chi connectivity index (χ0n) is 63.3. The van der Waals surface area contributed by atoms with Gasteiger partial charge in [-0.25, -0.2) is 19.9 Å². The second-order valence-corrected chi connectivity index (χ2v) is 27.7. The van der Waals surface area contributed by atoms with Gasteiger partial charge in [0.1, 0.15) is 0 Å². The summed E-state index contributed by atoms with van der Waals surface area (Å²) >= 11 is 0. The van der Waals surface area contributed by atoms with Gasteiger partial charge in [0.15, 0.2) is 23.0 Å². The lowest BCUT2D eigenvalue weighted by atomic mass is 10.0. The van der Waals surface area contributed by atoms with Crippen molar-refractivity contribution in [3.05, 3.63) is 462 Å². The van der Waals surface area contributed by atoms with Gasteiger partial charge in [0, 0.05) is 44.5 Å². The summed E-state index contributed by atoms with van der Waals surface area (Å²) in [4.78, 5) is 17.9. The Balaban J connectivity index is 0.000000111. The minimum Gasteiger partial charge on any atom is -0.436 e. The van der Waals surface area contributed by atoms with Crippen molar-refractivity contribution in [2.24, 2.45) is 0 Å². The Bertz CT molecular complexity index is 5230. The number of oxazole rings is 4. The van der Waals surface area contributed by atoms with E-state index in [0.717, 1.165) is 67.5 Å². The first kappa shape index (κ1) is 73.2. The highest BCUT2D eigenvalue weighted by atomic mass is 16.4. The van der Waals surface area contributed by atoms with Crippen molar-refractivity contribution >= 4 is 0 Å². The minimum atomic E-state index is 0.631. The highest BCUT2D eigenvalue weighted by Crippen LogP contribution is 2.36. The second kappa shape index (κ2) is 35.6. The van der Waals surface area contributed by atoms with Gasteiger partial charge in [-0.15, -0.1) is 0 Å². The van der Waals surface area contributed by atoms with E-state index in [1.54, 1.807) is 24.8 Å². The first-order valence-corrected chi connectivity index (χ1v) is 38.6. The van der Waals surface area contributed by atoms with E-state index in [0.29, 0.717) is 23.6 Å². The Kier molecular flexibility index (Phi) is 22.4. The molecule has 4 aromatic heterocycles. The first-order valence-electron chi connectivity index (χ1n) is 38.6. The standard InChI is InChI=1S/4C27H19NO/c4*1-3-7-20(8-4-1)22-11-15-24(16-12-22)26-19-28-27(29-26)25-17-13-23(14-18-25)21-9-5-2-6-10-21/h4*1-19H. The molecule has 16 aromatic carbocycles. The molecular formula is C108H76N4O4. The fraction of sp³-hybridized carbons (Fsp3) is 0. The summed E-state index contributed by atoms with van der Waals surface area (Å²) in [6.07, 6.45) is 7.16. The van der Waals surface area contributed by atoms with Crippen LogP contribution in [0.2, 0.25) is 0 Å². The average Bonchev–Trinajstić information content (AvgIpc) is 1.68. The van der Waals surface area contributed by atoms with Crippen molar-refractivity contribution in [1.29, 1.82) is 0 Å². The normalized spacial score (nSPS) is 10.8. The molecule has 0 unspecified atom stereocenters. The summed E-state index contributed by atoms with van der Waals surface area (Å²) in [6.45, 7) is 0. The topological polar surface area (TPSA) is 104 Å². The van der Waals surface area contributed by atoms with Crippen molar-refractivity contribution in [1.82, 2.24) is 19.9 Å². The van der Waals surface area contributed by atoms with Gasteiger partial charge in [-0.05, 0) is 138 Å². The van der Waals surface area contributed by atoms with Crippen LogP contribution < -0.4 is 0 Å². The molecular weight excluding hydrogens is 1420 g/mol. The molecule has 0 atom stereocenters. The van der Waals surface area contributed by atoms with Gasteiger partial charge in [-0.2, -0.15) is 0 Å². The fourth-order valence-electron chi connectivity index (χ4n) is 13.7. The zero-order valence-corrected chi connectivity index (χ0v) is 63.3. The first-order chi connectivity index (χ1) is 57.5. The van der Waals surface area contributed by atoms with Crippen LogP contribution in [0.15, 0.2) is 479 Å². The molecule has 20 aromatic rings. The summed E-state index contributed by atoms with van der Waals surface area (Å²) in [5, 5.41) is 0. The van der Waals surface area contributed by atoms with E-state index in [1.807, 2.05) is 97.1 Å². The largest absolute Gasteiger partial charge is 0.436 e. The molecule has 4 heterocycles. The third-order valence-electron chi connectivity index (χ3n) is 20.1. The van der Waals surface area contributed by atoms with Crippen LogP contribution in [0.1, 0.15) is 0 Å². The van der Waals surface area contributed by atoms with Crippen LogP contribution in [0.5, 0.6) is 0 Å². The monoisotopic (exact) mass is 1490 g/mol. The molecule has 552 valence electrons. The number of hydrogen-bond acceptors (Lipinski definition) is 8. The second-order valence-electron chi connectivity index (χ2n) is 27.7. The molecule has 0 fully saturated rings. The van der Waals surface area contributed by atoms with Crippen molar-refractivity contribution in [3.8, 4) is 180 Å². The number of nitrogens with zero attached hydrogens (tertiary/aromatic N) is 4. The van der Waals surface area contributed by atoms with Crippen molar-refractivity contribution in [3.63, 3.8) is 0 Å². The van der Waals surface area contributed by atoms with E-state index in [9.17, 15) is 0 Å². The summed E-state index contributed by atoms with van der Waals surface area (Å²) in [6, 6.07) is 149. The van der Waals surface area contributed by atoms with Crippen LogP contribution in [0.3, 0.4) is 0 Å². The molecule has 0 aliphatic heterocycles.